The van der Waals surface area contributed by atoms with Gasteiger partial charge in [-0.2, -0.15) is 0 Å². The zero-order valence-electron chi connectivity index (χ0n) is 26.9. The normalized spacial score (nSPS) is 12.2. The second-order valence-corrected chi connectivity index (χ2v) is 22.7. The highest BCUT2D eigenvalue weighted by atomic mass is 28.4. The monoisotopic (exact) mass is 600 g/mol. The largest absolute Gasteiger partial charge is 0.544 e. The Labute approximate surface area is 255 Å². The first kappa shape index (κ1) is 33.0. The van der Waals surface area contributed by atoms with Crippen molar-refractivity contribution in [2.24, 2.45) is 0 Å². The summed E-state index contributed by atoms with van der Waals surface area (Å²) < 4.78 is 12.1. The first-order chi connectivity index (χ1) is 19.4. The van der Waals surface area contributed by atoms with Crippen molar-refractivity contribution in [1.29, 1.82) is 0 Å². The highest BCUT2D eigenvalue weighted by Gasteiger charge is 2.25. The van der Waals surface area contributed by atoms with Gasteiger partial charge in [-0.15, -0.1) is 0 Å². The van der Waals surface area contributed by atoms with Gasteiger partial charge in [0.05, 0.1) is 0 Å². The maximum atomic E-state index is 9.30. The van der Waals surface area contributed by atoms with Crippen LogP contribution in [-0.4, -0.2) is 26.8 Å². The lowest BCUT2D eigenvalue weighted by Gasteiger charge is -2.27. The molecule has 0 radical (unpaired) electrons. The first-order valence-electron chi connectivity index (χ1n) is 14.5. The summed E-state index contributed by atoms with van der Waals surface area (Å²) in [6.07, 6.45) is 0. The van der Waals surface area contributed by atoms with E-state index in [1.165, 1.54) is 11.1 Å². The van der Waals surface area contributed by atoms with Gasteiger partial charge in [0.25, 0.3) is 0 Å². The van der Waals surface area contributed by atoms with Crippen molar-refractivity contribution in [1.82, 2.24) is 0 Å². The first-order valence-corrected chi connectivity index (χ1v) is 21.4. The maximum absolute atomic E-state index is 9.30. The Balaban J connectivity index is 0.000000247. The number of hydrogen-bond donors (Lipinski definition) is 2. The molecular formula is C36H48O4Si2. The molecule has 42 heavy (non-hydrogen) atoms. The second kappa shape index (κ2) is 12.8. The van der Waals surface area contributed by atoms with E-state index in [0.717, 1.165) is 22.6 Å². The van der Waals surface area contributed by atoms with Gasteiger partial charge in [0, 0.05) is 10.8 Å². The van der Waals surface area contributed by atoms with E-state index in [1.54, 1.807) is 24.3 Å². The molecular weight excluding hydrogens is 553 g/mol. The van der Waals surface area contributed by atoms with E-state index in [-0.39, 0.29) is 22.3 Å². The van der Waals surface area contributed by atoms with Gasteiger partial charge in [-0.25, -0.2) is 0 Å². The van der Waals surface area contributed by atoms with Gasteiger partial charge in [-0.1, -0.05) is 76.2 Å². The van der Waals surface area contributed by atoms with Crippen molar-refractivity contribution in [3.63, 3.8) is 0 Å². The molecule has 2 N–H and O–H groups in total. The standard InChI is InChI=1S/C21H32O2Si2.C15H16O2/c1-21(2,17-9-13-19(14-10-17)22-24(3,4)5)18-11-15-20(16-12-18)23-25(6,7)8;1-15(2,11-3-7-13(16)8-4-11)12-5-9-14(17)10-6-12/h9-16H,1-8H3;3-10,16-17H,1-2H3. The van der Waals surface area contributed by atoms with Crippen LogP contribution in [0.2, 0.25) is 39.3 Å². The molecule has 0 bridgehead atoms. The number of aromatic hydroxyl groups is 2. The van der Waals surface area contributed by atoms with Crippen LogP contribution < -0.4 is 8.85 Å². The zero-order chi connectivity index (χ0) is 31.3. The average molecular weight is 601 g/mol. The molecule has 0 spiro atoms. The molecule has 0 aliphatic heterocycles. The minimum Gasteiger partial charge on any atom is -0.544 e. The molecule has 0 aromatic heterocycles. The molecule has 0 atom stereocenters. The minimum atomic E-state index is -1.56. The summed E-state index contributed by atoms with van der Waals surface area (Å²) >= 11 is 0. The van der Waals surface area contributed by atoms with Crippen LogP contribution in [0, 0.1) is 0 Å². The van der Waals surface area contributed by atoms with Crippen LogP contribution in [0.4, 0.5) is 0 Å². The average Bonchev–Trinajstić information content (AvgIpc) is 2.88. The Morgan fingerprint density at radius 3 is 0.833 bits per heavy atom. The molecule has 6 heteroatoms. The van der Waals surface area contributed by atoms with Crippen LogP contribution in [0.15, 0.2) is 97.1 Å². The molecule has 0 aliphatic carbocycles. The predicted octanol–water partition coefficient (Wildman–Crippen LogP) is 9.86. The van der Waals surface area contributed by atoms with Crippen molar-refractivity contribution < 1.29 is 19.1 Å². The summed E-state index contributed by atoms with van der Waals surface area (Å²) in [7, 11) is -3.12. The summed E-state index contributed by atoms with van der Waals surface area (Å²) in [4.78, 5) is 0. The predicted molar refractivity (Wildman–Crippen MR) is 181 cm³/mol. The summed E-state index contributed by atoms with van der Waals surface area (Å²) in [6, 6.07) is 31.6. The van der Waals surface area contributed by atoms with Crippen molar-refractivity contribution in [2.75, 3.05) is 0 Å². The fraction of sp³-hybridized carbons (Fsp3) is 0.333. The molecule has 0 saturated carbocycles. The van der Waals surface area contributed by atoms with E-state index in [1.807, 2.05) is 24.3 Å². The topological polar surface area (TPSA) is 58.9 Å². The van der Waals surface area contributed by atoms with Crippen molar-refractivity contribution >= 4 is 16.6 Å². The van der Waals surface area contributed by atoms with E-state index in [4.69, 9.17) is 8.85 Å². The molecule has 4 rings (SSSR count). The van der Waals surface area contributed by atoms with E-state index in [0.29, 0.717) is 0 Å². The van der Waals surface area contributed by atoms with Gasteiger partial charge in [-0.05, 0) is 110 Å². The van der Waals surface area contributed by atoms with Crippen molar-refractivity contribution in [3.05, 3.63) is 119 Å². The molecule has 0 unspecified atom stereocenters. The number of benzene rings is 4. The van der Waals surface area contributed by atoms with Gasteiger partial charge in [-0.3, -0.25) is 0 Å². The lowest BCUT2D eigenvalue weighted by molar-refractivity contribution is 0.474. The Hall–Kier alpha value is -3.49. The van der Waals surface area contributed by atoms with Gasteiger partial charge in [0.1, 0.15) is 23.0 Å². The number of phenolic OH excluding ortho intramolecular Hbond substituents is 2. The number of rotatable bonds is 8. The summed E-state index contributed by atoms with van der Waals surface area (Å²) in [5, 5.41) is 18.6. The van der Waals surface area contributed by atoms with Crippen LogP contribution in [0.5, 0.6) is 23.0 Å². The number of phenols is 2. The van der Waals surface area contributed by atoms with E-state index < -0.39 is 16.6 Å². The highest BCUT2D eigenvalue weighted by Crippen LogP contribution is 2.35. The third-order valence-electron chi connectivity index (χ3n) is 7.18. The van der Waals surface area contributed by atoms with E-state index in [9.17, 15) is 10.2 Å². The molecule has 0 heterocycles. The SMILES string of the molecule is CC(C)(c1ccc(O)cc1)c1ccc(O)cc1.CC(C)(c1ccc(O[Si](C)(C)C)cc1)c1ccc(O[Si](C)(C)C)cc1. The van der Waals surface area contributed by atoms with Crippen LogP contribution in [0.3, 0.4) is 0 Å². The molecule has 4 aromatic carbocycles. The lowest BCUT2D eigenvalue weighted by atomic mass is 9.78. The van der Waals surface area contributed by atoms with E-state index >= 15 is 0 Å². The van der Waals surface area contributed by atoms with Crippen LogP contribution in [0.25, 0.3) is 0 Å². The third kappa shape index (κ3) is 9.26. The zero-order valence-corrected chi connectivity index (χ0v) is 28.9. The smallest absolute Gasteiger partial charge is 0.242 e. The Morgan fingerprint density at radius 2 is 0.619 bits per heavy atom. The second-order valence-electron chi connectivity index (χ2n) is 13.8. The van der Waals surface area contributed by atoms with Gasteiger partial charge in [0.15, 0.2) is 0 Å². The van der Waals surface area contributed by atoms with Crippen molar-refractivity contribution in [2.45, 2.75) is 77.8 Å². The van der Waals surface area contributed by atoms with E-state index in [2.05, 4.69) is 116 Å². The molecule has 224 valence electrons. The Kier molecular flexibility index (Phi) is 10.1. The van der Waals surface area contributed by atoms with Crippen molar-refractivity contribution in [3.8, 4) is 23.0 Å². The van der Waals surface area contributed by atoms with Gasteiger partial charge >= 0.3 is 0 Å². The van der Waals surface area contributed by atoms with Crippen LogP contribution in [-0.2, 0) is 10.8 Å². The fourth-order valence-electron chi connectivity index (χ4n) is 4.68. The molecule has 4 aromatic rings. The number of hydrogen-bond acceptors (Lipinski definition) is 4. The molecule has 0 amide bonds. The van der Waals surface area contributed by atoms with Gasteiger partial charge in [0.2, 0.25) is 16.6 Å². The molecule has 0 aliphatic rings. The summed E-state index contributed by atoms with van der Waals surface area (Å²) in [6.45, 7) is 22.0. The highest BCUT2D eigenvalue weighted by molar-refractivity contribution is 6.70. The summed E-state index contributed by atoms with van der Waals surface area (Å²) in [5.74, 6) is 2.49. The molecule has 4 nitrogen and oxygen atoms in total. The quantitative estimate of drug-likeness (QED) is 0.198. The molecule has 0 saturated heterocycles. The lowest BCUT2D eigenvalue weighted by Crippen LogP contribution is -2.29. The van der Waals surface area contributed by atoms with Gasteiger partial charge < -0.3 is 19.1 Å². The third-order valence-corrected chi connectivity index (χ3v) is 8.87. The fourth-order valence-corrected chi connectivity index (χ4v) is 6.36. The van der Waals surface area contributed by atoms with Crippen LogP contribution >= 0.6 is 0 Å². The van der Waals surface area contributed by atoms with Crippen LogP contribution in [0.1, 0.15) is 49.9 Å². The Morgan fingerprint density at radius 1 is 0.405 bits per heavy atom. The minimum absolute atomic E-state index is 0.0601. The maximum Gasteiger partial charge on any atom is 0.242 e. The Bertz CT molecular complexity index is 1300. The molecule has 0 fully saturated rings. The summed E-state index contributed by atoms with van der Waals surface area (Å²) in [5.41, 5.74) is 4.61.